The van der Waals surface area contributed by atoms with Crippen LogP contribution in [0.1, 0.15) is 222 Å². The number of hydrogen-bond donors (Lipinski definition) is 0. The summed E-state index contributed by atoms with van der Waals surface area (Å²) >= 11 is 0. The molecule has 14 aromatic carbocycles. The average Bonchev–Trinajstić information content (AvgIpc) is 1.13. The minimum absolute atomic E-state index is 0.000527. The van der Waals surface area contributed by atoms with Gasteiger partial charge in [0.25, 0.3) is 6.71 Å². The lowest BCUT2D eigenvalue weighted by Gasteiger charge is -2.46. The van der Waals surface area contributed by atoms with Crippen molar-refractivity contribution in [3.63, 3.8) is 0 Å². The van der Waals surface area contributed by atoms with Gasteiger partial charge < -0.3 is 23.5 Å². The first-order chi connectivity index (χ1) is 63.9. The van der Waals surface area contributed by atoms with Crippen molar-refractivity contribution in [2.75, 3.05) is 9.80 Å². The van der Waals surface area contributed by atoms with E-state index in [0.717, 1.165) is 161 Å². The van der Waals surface area contributed by atoms with Gasteiger partial charge in [0.05, 0.1) is 66.8 Å². The number of benzene rings is 14. The van der Waals surface area contributed by atoms with Crippen LogP contribution in [0.15, 0.2) is 297 Å². The van der Waals surface area contributed by atoms with Crippen LogP contribution in [0.5, 0.6) is 0 Å². The third-order valence-electron chi connectivity index (χ3n) is 27.2. The second-order valence-corrected chi connectivity index (χ2v) is 44.4. The highest BCUT2D eigenvalue weighted by molar-refractivity contribution is 7.00. The Balaban J connectivity index is 1.06. The van der Waals surface area contributed by atoms with Crippen LogP contribution in [0.4, 0.5) is 34.1 Å². The second-order valence-electron chi connectivity index (χ2n) is 44.4. The molecule has 0 atom stereocenters. The molecule has 0 saturated carbocycles. The third-order valence-corrected chi connectivity index (χ3v) is 27.2. The van der Waals surface area contributed by atoms with E-state index in [2.05, 4.69) is 434 Å². The van der Waals surface area contributed by atoms with Gasteiger partial charge in [0.1, 0.15) is 0 Å². The van der Waals surface area contributed by atoms with Gasteiger partial charge >= 0.3 is 0 Å². The van der Waals surface area contributed by atoms with E-state index in [4.69, 9.17) is 4.98 Å². The molecule has 4 aromatic heterocycles. The number of aromatic nitrogens is 4. The van der Waals surface area contributed by atoms with Crippen molar-refractivity contribution >= 4 is 123 Å². The van der Waals surface area contributed by atoms with E-state index in [0.29, 0.717) is 17.1 Å². The number of nitrogens with zero attached hydrogens (tertiary/aromatic N) is 6. The van der Waals surface area contributed by atoms with Gasteiger partial charge in [-0.2, -0.15) is 0 Å². The summed E-state index contributed by atoms with van der Waals surface area (Å²) in [5.41, 5.74) is 28.2. The van der Waals surface area contributed by atoms with E-state index in [9.17, 15) is 11.0 Å². The molecule has 0 bridgehead atoms. The van der Waals surface area contributed by atoms with E-state index < -0.39 is 71.3 Å². The molecule has 0 aliphatic carbocycles. The van der Waals surface area contributed by atoms with Crippen LogP contribution in [-0.2, 0) is 43.3 Å². The molecule has 0 N–H and O–H groups in total. The van der Waals surface area contributed by atoms with Crippen molar-refractivity contribution in [3.8, 4) is 61.7 Å². The Morgan fingerprint density at radius 3 is 0.891 bits per heavy atom. The number of para-hydroxylation sites is 2. The van der Waals surface area contributed by atoms with Crippen LogP contribution in [-0.4, -0.2) is 25.4 Å². The number of hydrogen-bond acceptors (Lipinski definition) is 3. The van der Waals surface area contributed by atoms with Crippen LogP contribution in [0, 0.1) is 0 Å². The predicted octanol–water partition coefficient (Wildman–Crippen LogP) is 31.5. The Morgan fingerprint density at radius 1 is 0.250 bits per heavy atom. The summed E-state index contributed by atoms with van der Waals surface area (Å²) in [6.07, 6.45) is 0. The Kier molecular flexibility index (Phi) is 17.1. The standard InChI is InChI=1S/C121H121BN6/c1-114(2,3)77-48-56-102-92(60-77)93-61-78(115(4,5)6)49-57-103(93)124(102)84-52-54-97-106(70-84)127(112-89(74-38-28-25-29-39-74)64-81(118(13,14)15)65-90(112)75-40-30-26-31-41-75)108-72-86(126-100-46-36-34-44-87(100)88-45-35-37-47-101(88)126)73-109-111(108)122(97)98-55-53-85(125-104-58-50-79(116(7,8)9)62-94(104)95-63-80(117(10,11)12)51-59-105(95)125)71-107(98)128(109)113-91(76-42-32-27-33-43-76)66-82(119(16,17)18)67-96(113)99-68-83(120(19,20)21)69-110(123-99)121(22,23)24/h25-73H,1-24H3/i34D,35D,36D,37D,44D,45D,46D,47D. The Bertz CT molecular complexity index is 7770. The SMILES string of the molecule is [2H]c1c([2H])c([2H])c2c(c1[2H])c1c([2H])c([2H])c([2H])c([2H])c1n2-c1cc2c3c(c1)N(c1c(-c4ccccc4)cc(C(C)(C)C)cc1-c1cc(C(C)(C)C)cc(C(C)(C)C)n1)c1cc(-n4c5ccc(C(C)(C)C)cc5c5cc(C(C)(C)C)ccc54)ccc1B3c1ccc(-n3c4ccc(C(C)(C)C)cc4c4cc(C(C)(C)C)ccc43)cc1N2c1c(-c2ccccc2)cc(C(C)(C)C)cc1-c1ccccc1. The maximum Gasteiger partial charge on any atom is 0.252 e. The highest BCUT2D eigenvalue weighted by atomic mass is 15.2. The number of fused-ring (bicyclic) bond motifs is 13. The topological polar surface area (TPSA) is 34.2 Å². The van der Waals surface area contributed by atoms with E-state index >= 15 is 0 Å². The van der Waals surface area contributed by atoms with Gasteiger partial charge in [0.15, 0.2) is 0 Å². The minimum Gasteiger partial charge on any atom is -0.310 e. The van der Waals surface area contributed by atoms with Crippen LogP contribution in [0.25, 0.3) is 127 Å². The molecule has 0 spiro atoms. The molecule has 0 amide bonds. The zero-order chi connectivity index (χ0) is 96.9. The third kappa shape index (κ3) is 14.0. The van der Waals surface area contributed by atoms with Crippen molar-refractivity contribution in [3.05, 3.63) is 342 Å². The molecule has 0 saturated heterocycles. The molecule has 6 heterocycles. The molecule has 0 radical (unpaired) electrons. The lowest BCUT2D eigenvalue weighted by Crippen LogP contribution is -2.61. The first-order valence-electron chi connectivity index (χ1n) is 49.7. The van der Waals surface area contributed by atoms with E-state index in [1.165, 1.54) is 22.3 Å². The highest BCUT2D eigenvalue weighted by Crippen LogP contribution is 2.57. The number of pyridine rings is 1. The Hall–Kier alpha value is -12.7. The molecular weight excluding hydrogens is 1550 g/mol. The van der Waals surface area contributed by atoms with E-state index in [1.807, 2.05) is 0 Å². The molecule has 2 aliphatic rings. The fourth-order valence-electron chi connectivity index (χ4n) is 19.8. The summed E-state index contributed by atoms with van der Waals surface area (Å²) in [7, 11) is 0. The predicted molar refractivity (Wildman–Crippen MR) is 553 cm³/mol. The Morgan fingerprint density at radius 2 is 0.555 bits per heavy atom. The van der Waals surface area contributed by atoms with Gasteiger partial charge in [-0.05, 0) is 243 Å². The van der Waals surface area contributed by atoms with Crippen LogP contribution >= 0.6 is 0 Å². The summed E-state index contributed by atoms with van der Waals surface area (Å²) in [5.74, 6) is 0. The van der Waals surface area contributed by atoms with Gasteiger partial charge in [0.2, 0.25) is 0 Å². The molecular formula is C121H121BN6. The molecule has 128 heavy (non-hydrogen) atoms. The van der Waals surface area contributed by atoms with Gasteiger partial charge in [-0.25, -0.2) is 0 Å². The molecule has 638 valence electrons. The molecule has 0 fully saturated rings. The van der Waals surface area contributed by atoms with Crippen LogP contribution < -0.4 is 26.2 Å². The van der Waals surface area contributed by atoms with Crippen LogP contribution in [0.3, 0.4) is 0 Å². The first kappa shape index (κ1) is 74.4. The fraction of sp³-hybridized carbons (Fsp3) is 0.264. The van der Waals surface area contributed by atoms with Crippen molar-refractivity contribution in [2.24, 2.45) is 0 Å². The van der Waals surface area contributed by atoms with Crippen molar-refractivity contribution in [1.82, 2.24) is 18.7 Å². The van der Waals surface area contributed by atoms with E-state index in [1.54, 1.807) is 4.57 Å². The minimum atomic E-state index is -0.627. The molecule has 7 heteroatoms. The Labute approximate surface area is 770 Å². The maximum atomic E-state index is 10.5. The van der Waals surface area contributed by atoms with Gasteiger partial charge in [-0.15, -0.1) is 0 Å². The summed E-state index contributed by atoms with van der Waals surface area (Å²) in [6, 6.07) is 89.5. The summed E-state index contributed by atoms with van der Waals surface area (Å²) in [5, 5.41) is 4.52. The van der Waals surface area contributed by atoms with Gasteiger partial charge in [-0.1, -0.05) is 330 Å². The van der Waals surface area contributed by atoms with E-state index in [-0.39, 0.29) is 48.9 Å². The number of rotatable bonds is 9. The van der Waals surface area contributed by atoms with Crippen molar-refractivity contribution in [2.45, 2.75) is 209 Å². The molecule has 2 aliphatic heterocycles. The number of anilines is 6. The summed E-state index contributed by atoms with van der Waals surface area (Å²) in [6.45, 7) is 54.1. The molecule has 18 aromatic rings. The first-order valence-corrected chi connectivity index (χ1v) is 45.7. The van der Waals surface area contributed by atoms with Gasteiger partial charge in [0, 0.05) is 99.8 Å². The maximum absolute atomic E-state index is 10.5. The zero-order valence-corrected chi connectivity index (χ0v) is 78.9. The zero-order valence-electron chi connectivity index (χ0n) is 86.9. The summed E-state index contributed by atoms with van der Waals surface area (Å²) < 4.78 is 87.0. The van der Waals surface area contributed by atoms with Crippen molar-refractivity contribution < 1.29 is 11.0 Å². The highest BCUT2D eigenvalue weighted by Gasteiger charge is 2.47. The normalized spacial score (nSPS) is 14.5. The molecule has 6 nitrogen and oxygen atoms in total. The second kappa shape index (κ2) is 29.4. The van der Waals surface area contributed by atoms with Crippen LogP contribution in [0.2, 0.25) is 0 Å². The fourth-order valence-corrected chi connectivity index (χ4v) is 19.8. The summed E-state index contributed by atoms with van der Waals surface area (Å²) in [4.78, 5) is 11.1. The lowest BCUT2D eigenvalue weighted by molar-refractivity contribution is 0.553. The molecule has 20 rings (SSSR count). The largest absolute Gasteiger partial charge is 0.310 e. The monoisotopic (exact) mass is 1680 g/mol. The average molecular weight is 1680 g/mol. The van der Waals surface area contributed by atoms with Crippen molar-refractivity contribution in [1.29, 1.82) is 0 Å². The van der Waals surface area contributed by atoms with Gasteiger partial charge in [-0.3, -0.25) is 4.98 Å². The quantitative estimate of drug-likeness (QED) is 0.135. The smallest absolute Gasteiger partial charge is 0.252 e. The lowest BCUT2D eigenvalue weighted by atomic mass is 9.33. The molecule has 0 unspecified atom stereocenters.